The van der Waals surface area contributed by atoms with Crippen LogP contribution in [0.2, 0.25) is 0 Å². The van der Waals surface area contributed by atoms with Gasteiger partial charge in [0.15, 0.2) is 0 Å². The molecule has 0 radical (unpaired) electrons. The topological polar surface area (TPSA) is 81.6 Å². The molecular formula is C10H13N3O2. The number of nitrogens with two attached hydrogens (primary N) is 2. The van der Waals surface area contributed by atoms with Gasteiger partial charge in [0, 0.05) is 17.9 Å². The van der Waals surface area contributed by atoms with Gasteiger partial charge in [0.2, 0.25) is 0 Å². The van der Waals surface area contributed by atoms with Crippen LogP contribution in [-0.4, -0.2) is 25.3 Å². The maximum atomic E-state index is 11.4. The molecule has 0 saturated carbocycles. The average Bonchev–Trinajstić information content (AvgIpc) is 2.61. The van der Waals surface area contributed by atoms with Crippen molar-refractivity contribution in [3.63, 3.8) is 0 Å². The smallest absolute Gasteiger partial charge is 0.414 e. The van der Waals surface area contributed by atoms with Crippen LogP contribution in [0, 0.1) is 0 Å². The molecule has 0 aromatic heterocycles. The summed E-state index contributed by atoms with van der Waals surface area (Å²) in [6.45, 7) is 0.844. The summed E-state index contributed by atoms with van der Waals surface area (Å²) < 4.78 is 5.04. The lowest BCUT2D eigenvalue weighted by atomic mass is 10.2. The van der Waals surface area contributed by atoms with Crippen molar-refractivity contribution in [1.29, 1.82) is 0 Å². The Morgan fingerprint density at radius 2 is 2.07 bits per heavy atom. The molecule has 1 aromatic carbocycles. The molecule has 2 rings (SSSR count). The molecule has 0 bridgehead atoms. The Hall–Kier alpha value is -1.75. The molecule has 1 aliphatic rings. The molecular weight excluding hydrogens is 194 g/mol. The van der Waals surface area contributed by atoms with Crippen molar-refractivity contribution < 1.29 is 9.53 Å². The Morgan fingerprint density at radius 1 is 1.40 bits per heavy atom. The number of rotatable bonds is 2. The van der Waals surface area contributed by atoms with Crippen LogP contribution in [0.5, 0.6) is 0 Å². The van der Waals surface area contributed by atoms with Crippen molar-refractivity contribution in [2.75, 3.05) is 23.7 Å². The number of nitrogens with zero attached hydrogens (tertiary/aromatic N) is 1. The first-order chi connectivity index (χ1) is 7.20. The molecule has 1 fully saturated rings. The molecule has 1 atom stereocenters. The zero-order valence-corrected chi connectivity index (χ0v) is 8.22. The normalized spacial score (nSPS) is 20.5. The third kappa shape index (κ3) is 1.87. The van der Waals surface area contributed by atoms with E-state index in [0.717, 1.165) is 5.69 Å². The van der Waals surface area contributed by atoms with Crippen molar-refractivity contribution in [3.8, 4) is 0 Å². The van der Waals surface area contributed by atoms with E-state index in [9.17, 15) is 4.79 Å². The number of ether oxygens (including phenoxy) is 1. The molecule has 1 aliphatic heterocycles. The Balaban J connectivity index is 2.18. The summed E-state index contributed by atoms with van der Waals surface area (Å²) in [5, 5.41) is 0. The molecule has 5 heteroatoms. The van der Waals surface area contributed by atoms with Crippen LogP contribution in [-0.2, 0) is 4.74 Å². The van der Waals surface area contributed by atoms with Crippen LogP contribution in [0.1, 0.15) is 0 Å². The average molecular weight is 207 g/mol. The van der Waals surface area contributed by atoms with Crippen molar-refractivity contribution in [1.82, 2.24) is 0 Å². The first-order valence-corrected chi connectivity index (χ1v) is 4.74. The van der Waals surface area contributed by atoms with Gasteiger partial charge < -0.3 is 16.2 Å². The number of hydrogen-bond acceptors (Lipinski definition) is 4. The van der Waals surface area contributed by atoms with Crippen LogP contribution >= 0.6 is 0 Å². The maximum absolute atomic E-state index is 11.4. The third-order valence-corrected chi connectivity index (χ3v) is 2.34. The molecule has 15 heavy (non-hydrogen) atoms. The van der Waals surface area contributed by atoms with Gasteiger partial charge >= 0.3 is 6.09 Å². The summed E-state index contributed by atoms with van der Waals surface area (Å²) in [4.78, 5) is 13.0. The van der Waals surface area contributed by atoms with Gasteiger partial charge in [-0.05, 0) is 24.3 Å². The number of carbonyl (C=O) groups excluding carboxylic acids is 1. The first-order valence-electron chi connectivity index (χ1n) is 4.74. The summed E-state index contributed by atoms with van der Waals surface area (Å²) in [7, 11) is 0. The second-order valence-corrected chi connectivity index (χ2v) is 3.44. The minimum absolute atomic E-state index is 0.213. The van der Waals surface area contributed by atoms with E-state index in [-0.39, 0.29) is 12.2 Å². The summed E-state index contributed by atoms with van der Waals surface area (Å²) >= 11 is 0. The van der Waals surface area contributed by atoms with Gasteiger partial charge in [0.05, 0.1) is 6.54 Å². The highest BCUT2D eigenvalue weighted by molar-refractivity contribution is 5.89. The molecule has 80 valence electrons. The largest absolute Gasteiger partial charge is 0.443 e. The fraction of sp³-hybridized carbons (Fsp3) is 0.300. The monoisotopic (exact) mass is 207 g/mol. The molecule has 1 heterocycles. The molecule has 0 spiro atoms. The third-order valence-electron chi connectivity index (χ3n) is 2.34. The Bertz CT molecular complexity index is 363. The summed E-state index contributed by atoms with van der Waals surface area (Å²) in [5.74, 6) is 0. The van der Waals surface area contributed by atoms with Gasteiger partial charge in [0.1, 0.15) is 6.10 Å². The van der Waals surface area contributed by atoms with E-state index in [4.69, 9.17) is 16.2 Å². The zero-order chi connectivity index (χ0) is 10.8. The van der Waals surface area contributed by atoms with Crippen molar-refractivity contribution in [3.05, 3.63) is 24.3 Å². The second kappa shape index (κ2) is 3.78. The number of nitrogen functional groups attached to an aromatic ring is 1. The highest BCUT2D eigenvalue weighted by Gasteiger charge is 2.31. The van der Waals surface area contributed by atoms with E-state index in [2.05, 4.69) is 0 Å². The van der Waals surface area contributed by atoms with E-state index < -0.39 is 0 Å². The van der Waals surface area contributed by atoms with E-state index in [1.165, 1.54) is 0 Å². The fourth-order valence-electron chi connectivity index (χ4n) is 1.51. The van der Waals surface area contributed by atoms with E-state index in [1.54, 1.807) is 29.2 Å². The molecule has 1 aromatic rings. The van der Waals surface area contributed by atoms with Crippen LogP contribution in [0.3, 0.4) is 0 Å². The van der Waals surface area contributed by atoms with Gasteiger partial charge in [-0.1, -0.05) is 0 Å². The standard InChI is InChI=1S/C10H13N3O2/c11-5-9-6-13(10(14)15-9)8-3-1-7(12)2-4-8/h1-4,9H,5-6,11-12H2/t9-/m0/s1. The van der Waals surface area contributed by atoms with Crippen LogP contribution < -0.4 is 16.4 Å². The fourth-order valence-corrected chi connectivity index (χ4v) is 1.51. The molecule has 0 unspecified atom stereocenters. The maximum Gasteiger partial charge on any atom is 0.414 e. The quantitative estimate of drug-likeness (QED) is 0.694. The number of carbonyl (C=O) groups is 1. The van der Waals surface area contributed by atoms with Gasteiger partial charge in [-0.15, -0.1) is 0 Å². The summed E-state index contributed by atoms with van der Waals surface area (Å²) in [6, 6.07) is 7.07. The number of benzene rings is 1. The summed E-state index contributed by atoms with van der Waals surface area (Å²) in [6.07, 6.45) is -0.565. The van der Waals surface area contributed by atoms with Crippen molar-refractivity contribution in [2.24, 2.45) is 5.73 Å². The summed E-state index contributed by atoms with van der Waals surface area (Å²) in [5.41, 5.74) is 12.4. The molecule has 1 amide bonds. The van der Waals surface area contributed by atoms with Gasteiger partial charge in [0.25, 0.3) is 0 Å². The van der Waals surface area contributed by atoms with Crippen molar-refractivity contribution >= 4 is 17.5 Å². The number of amides is 1. The highest BCUT2D eigenvalue weighted by atomic mass is 16.6. The molecule has 4 N–H and O–H groups in total. The van der Waals surface area contributed by atoms with Gasteiger partial charge in [-0.2, -0.15) is 0 Å². The number of anilines is 2. The number of hydrogen-bond donors (Lipinski definition) is 2. The van der Waals surface area contributed by atoms with Gasteiger partial charge in [-0.25, -0.2) is 4.79 Å². The minimum atomic E-state index is -0.352. The van der Waals surface area contributed by atoms with Crippen LogP contribution in [0.25, 0.3) is 0 Å². The number of cyclic esters (lactones) is 1. The lowest BCUT2D eigenvalue weighted by molar-refractivity contribution is 0.145. The Labute approximate surface area is 87.6 Å². The highest BCUT2D eigenvalue weighted by Crippen LogP contribution is 2.22. The SMILES string of the molecule is NC[C@H]1CN(c2ccc(N)cc2)C(=O)O1. The van der Waals surface area contributed by atoms with Crippen LogP contribution in [0.15, 0.2) is 24.3 Å². The van der Waals surface area contributed by atoms with E-state index >= 15 is 0 Å². The zero-order valence-electron chi connectivity index (χ0n) is 8.22. The predicted molar refractivity (Wildman–Crippen MR) is 57.5 cm³/mol. The van der Waals surface area contributed by atoms with Crippen molar-refractivity contribution in [2.45, 2.75) is 6.10 Å². The lowest BCUT2D eigenvalue weighted by Crippen LogP contribution is -2.27. The Kier molecular flexibility index (Phi) is 2.47. The van der Waals surface area contributed by atoms with E-state index in [1.807, 2.05) is 0 Å². The molecule has 1 saturated heterocycles. The Morgan fingerprint density at radius 3 is 2.60 bits per heavy atom. The lowest BCUT2D eigenvalue weighted by Gasteiger charge is -2.12. The minimum Gasteiger partial charge on any atom is -0.443 e. The van der Waals surface area contributed by atoms with E-state index in [0.29, 0.717) is 18.8 Å². The first kappa shape index (κ1) is 9.79. The molecule has 5 nitrogen and oxygen atoms in total. The van der Waals surface area contributed by atoms with Gasteiger partial charge in [-0.3, -0.25) is 4.90 Å². The predicted octanol–water partition coefficient (Wildman–Crippen LogP) is 0.553. The molecule has 0 aliphatic carbocycles. The second-order valence-electron chi connectivity index (χ2n) is 3.44. The van der Waals surface area contributed by atoms with Crippen LogP contribution in [0.4, 0.5) is 16.2 Å².